The number of rotatable bonds is 9. The topological polar surface area (TPSA) is 56.5 Å². The maximum atomic E-state index is 5.79. The van der Waals surface area contributed by atoms with E-state index in [1.54, 1.807) is 11.3 Å². The Morgan fingerprint density at radius 2 is 1.96 bits per heavy atom. The van der Waals surface area contributed by atoms with Crippen molar-refractivity contribution in [3.63, 3.8) is 0 Å². The minimum Gasteiger partial charge on any atom is -0.487 e. The number of ether oxygens (including phenoxy) is 1. The molecule has 0 atom stereocenters. The molecule has 0 aliphatic carbocycles. The van der Waals surface area contributed by atoms with Gasteiger partial charge >= 0.3 is 0 Å². The maximum Gasteiger partial charge on any atom is 0.131 e. The summed E-state index contributed by atoms with van der Waals surface area (Å²) in [6.45, 7) is 9.77. The molecule has 6 heteroatoms. The van der Waals surface area contributed by atoms with E-state index in [-0.39, 0.29) is 0 Å². The number of hydrogen-bond donors (Lipinski definition) is 1. The third-order valence-electron chi connectivity index (χ3n) is 4.24. The summed E-state index contributed by atoms with van der Waals surface area (Å²) >= 11 is 1.65. The molecular formula is C20H27N4OS+. The Morgan fingerprint density at radius 1 is 1.15 bits per heavy atom. The lowest BCUT2D eigenvalue weighted by Crippen LogP contribution is -2.82. The number of nitrogens with zero attached hydrogens (tertiary/aromatic N) is 3. The van der Waals surface area contributed by atoms with Crippen molar-refractivity contribution in [2.45, 2.75) is 46.9 Å². The van der Waals surface area contributed by atoms with Crippen molar-refractivity contribution >= 4 is 11.3 Å². The van der Waals surface area contributed by atoms with E-state index in [0.717, 1.165) is 48.2 Å². The van der Waals surface area contributed by atoms with Crippen molar-refractivity contribution in [3.05, 3.63) is 63.4 Å². The van der Waals surface area contributed by atoms with E-state index >= 15 is 0 Å². The minimum atomic E-state index is 0.530. The summed E-state index contributed by atoms with van der Waals surface area (Å²) in [5, 5.41) is 9.97. The van der Waals surface area contributed by atoms with E-state index in [0.29, 0.717) is 6.61 Å². The number of benzene rings is 1. The molecule has 0 amide bonds. The molecule has 0 aliphatic heterocycles. The highest BCUT2D eigenvalue weighted by atomic mass is 32.1. The first-order valence-corrected chi connectivity index (χ1v) is 9.93. The van der Waals surface area contributed by atoms with Crippen LogP contribution in [0.3, 0.4) is 0 Å². The Hall–Kier alpha value is -2.18. The van der Waals surface area contributed by atoms with Crippen molar-refractivity contribution in [2.75, 3.05) is 6.54 Å². The van der Waals surface area contributed by atoms with Gasteiger partial charge in [0.25, 0.3) is 0 Å². The fraction of sp³-hybridized carbons (Fsp3) is 0.400. The number of aromatic nitrogens is 3. The number of quaternary nitrogens is 1. The highest BCUT2D eigenvalue weighted by Gasteiger charge is 2.03. The second-order valence-electron chi connectivity index (χ2n) is 6.58. The fourth-order valence-corrected chi connectivity index (χ4v) is 3.51. The largest absolute Gasteiger partial charge is 0.487 e. The second kappa shape index (κ2) is 8.96. The zero-order valence-corrected chi connectivity index (χ0v) is 16.6. The second-order valence-corrected chi connectivity index (χ2v) is 7.64. The van der Waals surface area contributed by atoms with Gasteiger partial charge in [-0.25, -0.2) is 4.98 Å². The summed E-state index contributed by atoms with van der Waals surface area (Å²) in [6, 6.07) is 10.5. The third kappa shape index (κ3) is 5.41. The van der Waals surface area contributed by atoms with E-state index in [2.05, 4.69) is 45.2 Å². The van der Waals surface area contributed by atoms with E-state index in [4.69, 9.17) is 4.74 Å². The highest BCUT2D eigenvalue weighted by molar-refractivity contribution is 7.09. The summed E-state index contributed by atoms with van der Waals surface area (Å²) in [5.74, 6) is 0.893. The van der Waals surface area contributed by atoms with Crippen LogP contribution in [-0.4, -0.2) is 21.3 Å². The van der Waals surface area contributed by atoms with Crippen LogP contribution in [0.4, 0.5) is 0 Å². The average molecular weight is 372 g/mol. The molecule has 0 aliphatic rings. The molecule has 0 spiro atoms. The highest BCUT2D eigenvalue weighted by Crippen LogP contribution is 2.15. The molecule has 5 nitrogen and oxygen atoms in total. The normalized spacial score (nSPS) is 11.0. The van der Waals surface area contributed by atoms with Crippen LogP contribution < -0.4 is 10.1 Å². The third-order valence-corrected chi connectivity index (χ3v) is 5.06. The van der Waals surface area contributed by atoms with Crippen molar-refractivity contribution in [3.8, 4) is 5.75 Å². The van der Waals surface area contributed by atoms with Crippen LogP contribution in [-0.2, 0) is 19.7 Å². The summed E-state index contributed by atoms with van der Waals surface area (Å²) in [4.78, 5) is 4.41. The lowest BCUT2D eigenvalue weighted by molar-refractivity contribution is -0.671. The Kier molecular flexibility index (Phi) is 6.41. The minimum absolute atomic E-state index is 0.530. The smallest absolute Gasteiger partial charge is 0.131 e. The van der Waals surface area contributed by atoms with Gasteiger partial charge in [-0.1, -0.05) is 0 Å². The molecule has 3 aromatic rings. The van der Waals surface area contributed by atoms with Gasteiger partial charge in [0, 0.05) is 29.6 Å². The SMILES string of the molecule is Cc1cc(C)n(CCC[NH2+]Cc2ccc(OCc3csc(C)n3)cc2)n1. The number of aryl methyl sites for hydroxylation is 4. The molecule has 1 aromatic carbocycles. The van der Waals surface area contributed by atoms with Gasteiger partial charge in [-0.15, -0.1) is 11.3 Å². The van der Waals surface area contributed by atoms with E-state index in [1.165, 1.54) is 11.3 Å². The number of hydrogen-bond acceptors (Lipinski definition) is 4. The first-order chi connectivity index (χ1) is 12.6. The molecule has 0 fully saturated rings. The van der Waals surface area contributed by atoms with Gasteiger partial charge < -0.3 is 10.1 Å². The fourth-order valence-electron chi connectivity index (χ4n) is 2.91. The van der Waals surface area contributed by atoms with Gasteiger partial charge in [-0.3, -0.25) is 4.68 Å². The monoisotopic (exact) mass is 371 g/mol. The molecule has 0 bridgehead atoms. The zero-order valence-electron chi connectivity index (χ0n) is 15.7. The predicted octanol–water partition coefficient (Wildman–Crippen LogP) is 3.00. The molecule has 138 valence electrons. The van der Waals surface area contributed by atoms with Crippen LogP contribution >= 0.6 is 11.3 Å². The summed E-state index contributed by atoms with van der Waals surface area (Å²) in [6.07, 6.45) is 1.12. The maximum absolute atomic E-state index is 5.79. The van der Waals surface area contributed by atoms with Crippen LogP contribution in [0.2, 0.25) is 0 Å². The van der Waals surface area contributed by atoms with E-state index < -0.39 is 0 Å². The molecule has 0 radical (unpaired) electrons. The van der Waals surface area contributed by atoms with E-state index in [1.807, 2.05) is 31.4 Å². The lowest BCUT2D eigenvalue weighted by Gasteiger charge is -2.06. The van der Waals surface area contributed by atoms with Gasteiger partial charge in [0.2, 0.25) is 0 Å². The summed E-state index contributed by atoms with van der Waals surface area (Å²) < 4.78 is 7.89. The van der Waals surface area contributed by atoms with Crippen molar-refractivity contribution in [1.29, 1.82) is 0 Å². The van der Waals surface area contributed by atoms with E-state index in [9.17, 15) is 0 Å². The Balaban J connectivity index is 1.35. The van der Waals surface area contributed by atoms with Gasteiger partial charge in [0.1, 0.15) is 18.9 Å². The van der Waals surface area contributed by atoms with Crippen LogP contribution in [0, 0.1) is 20.8 Å². The van der Waals surface area contributed by atoms with Crippen molar-refractivity contribution < 1.29 is 10.1 Å². The van der Waals surface area contributed by atoms with Gasteiger partial charge in [-0.2, -0.15) is 5.10 Å². The van der Waals surface area contributed by atoms with Crippen LogP contribution in [0.15, 0.2) is 35.7 Å². The molecule has 26 heavy (non-hydrogen) atoms. The van der Waals surface area contributed by atoms with Crippen molar-refractivity contribution in [1.82, 2.24) is 14.8 Å². The molecule has 0 saturated carbocycles. The molecule has 3 rings (SSSR count). The molecule has 0 saturated heterocycles. The zero-order chi connectivity index (χ0) is 18.4. The van der Waals surface area contributed by atoms with Gasteiger partial charge in [-0.05, 0) is 51.1 Å². The Bertz CT molecular complexity index is 823. The molecule has 0 unspecified atom stereocenters. The number of thiazole rings is 1. The molecule has 2 heterocycles. The Labute approximate surface area is 159 Å². The van der Waals surface area contributed by atoms with Gasteiger partial charge in [0.15, 0.2) is 0 Å². The first kappa shape index (κ1) is 18.6. The summed E-state index contributed by atoms with van der Waals surface area (Å²) in [5.41, 5.74) is 4.64. The summed E-state index contributed by atoms with van der Waals surface area (Å²) in [7, 11) is 0. The van der Waals surface area contributed by atoms with Crippen LogP contribution in [0.1, 0.15) is 34.1 Å². The molecule has 2 N–H and O–H groups in total. The van der Waals surface area contributed by atoms with Gasteiger partial charge in [0.05, 0.1) is 22.9 Å². The van der Waals surface area contributed by atoms with Crippen LogP contribution in [0.25, 0.3) is 0 Å². The van der Waals surface area contributed by atoms with Crippen molar-refractivity contribution in [2.24, 2.45) is 0 Å². The Morgan fingerprint density at radius 3 is 2.62 bits per heavy atom. The quantitative estimate of drug-likeness (QED) is 0.588. The lowest BCUT2D eigenvalue weighted by atomic mass is 10.2. The molecular weight excluding hydrogens is 344 g/mol. The standard InChI is InChI=1S/C20H26N4OS/c1-15-11-16(2)24(23-15)10-4-9-21-12-18-5-7-20(8-6-18)25-13-19-14-26-17(3)22-19/h5-8,11,14,21H,4,9-10,12-13H2,1-3H3/p+1. The average Bonchev–Trinajstić information content (AvgIpc) is 3.18. The van der Waals surface area contributed by atoms with Crippen LogP contribution in [0.5, 0.6) is 5.75 Å². The molecule has 2 aromatic heterocycles. The predicted molar refractivity (Wildman–Crippen MR) is 104 cm³/mol. The first-order valence-electron chi connectivity index (χ1n) is 9.05. The number of nitrogens with two attached hydrogens (primary N) is 1.